The van der Waals surface area contributed by atoms with E-state index in [0.29, 0.717) is 5.76 Å². The van der Waals surface area contributed by atoms with E-state index in [2.05, 4.69) is 16.0 Å². The van der Waals surface area contributed by atoms with Crippen molar-refractivity contribution in [2.24, 2.45) is 0 Å². The number of nitrogens with zero attached hydrogens (tertiary/aromatic N) is 1. The van der Waals surface area contributed by atoms with Crippen LogP contribution in [0.4, 0.5) is 4.79 Å². The van der Waals surface area contributed by atoms with Gasteiger partial charge in [0.15, 0.2) is 0 Å². The van der Waals surface area contributed by atoms with E-state index in [1.807, 2.05) is 11.4 Å². The van der Waals surface area contributed by atoms with E-state index in [-0.39, 0.29) is 13.1 Å². The van der Waals surface area contributed by atoms with Crippen LogP contribution in [-0.4, -0.2) is 18.5 Å². The Labute approximate surface area is 130 Å². The Bertz CT molecular complexity index is 646. The van der Waals surface area contributed by atoms with Crippen molar-refractivity contribution in [2.75, 3.05) is 6.54 Å². The molecule has 0 bridgehead atoms. The number of carbonyl (C=O) groups excluding carboxylic acids is 2. The molecule has 7 nitrogen and oxygen atoms in total. The van der Waals surface area contributed by atoms with Crippen LogP contribution in [0, 0.1) is 11.3 Å². The zero-order chi connectivity index (χ0) is 15.8. The molecule has 8 heteroatoms. The molecule has 2 aromatic rings. The van der Waals surface area contributed by atoms with E-state index in [0.717, 1.165) is 5.56 Å². The largest absolute Gasteiger partial charge is 0.467 e. The summed E-state index contributed by atoms with van der Waals surface area (Å²) in [5.41, 5.74) is 0.725. The molecule has 3 N–H and O–H groups in total. The molecule has 0 saturated heterocycles. The Hall–Kier alpha value is -2.79. The summed E-state index contributed by atoms with van der Waals surface area (Å²) in [5, 5.41) is 20.2. The third-order valence-corrected chi connectivity index (χ3v) is 3.43. The lowest BCUT2D eigenvalue weighted by atomic mass is 10.2. The summed E-state index contributed by atoms with van der Waals surface area (Å²) < 4.78 is 5.06. The topological polar surface area (TPSA) is 107 Å². The summed E-state index contributed by atoms with van der Waals surface area (Å²) in [6.07, 6.45) is 1.51. The van der Waals surface area contributed by atoms with Gasteiger partial charge in [0, 0.05) is 0 Å². The molecule has 22 heavy (non-hydrogen) atoms. The lowest BCUT2D eigenvalue weighted by Gasteiger charge is -2.11. The minimum atomic E-state index is -0.716. The van der Waals surface area contributed by atoms with Crippen LogP contribution in [0.25, 0.3) is 0 Å². The average Bonchev–Trinajstić information content (AvgIpc) is 3.21. The number of urea groups is 1. The van der Waals surface area contributed by atoms with Crippen molar-refractivity contribution in [2.45, 2.75) is 12.6 Å². The highest BCUT2D eigenvalue weighted by atomic mass is 32.1. The van der Waals surface area contributed by atoms with Gasteiger partial charge in [0.2, 0.25) is 5.91 Å². The zero-order valence-corrected chi connectivity index (χ0v) is 12.4. The molecule has 0 spiro atoms. The quantitative estimate of drug-likeness (QED) is 0.750. The fourth-order valence-corrected chi connectivity index (χ4v) is 2.33. The van der Waals surface area contributed by atoms with Gasteiger partial charge in [-0.15, -0.1) is 0 Å². The Kier molecular flexibility index (Phi) is 5.57. The number of hydrogen-bond donors (Lipinski definition) is 3. The second kappa shape index (κ2) is 7.85. The molecule has 2 heterocycles. The molecule has 0 saturated carbocycles. The van der Waals surface area contributed by atoms with Gasteiger partial charge in [0.25, 0.3) is 0 Å². The van der Waals surface area contributed by atoms with Gasteiger partial charge in [0.05, 0.1) is 25.4 Å². The van der Waals surface area contributed by atoms with E-state index >= 15 is 0 Å². The first-order valence-corrected chi connectivity index (χ1v) is 7.38. The van der Waals surface area contributed by atoms with Crippen molar-refractivity contribution in [3.63, 3.8) is 0 Å². The van der Waals surface area contributed by atoms with E-state index in [1.165, 1.54) is 17.6 Å². The SMILES string of the molecule is N#C[C@H](NC(=O)CNC(=O)NCc1ccco1)c1ccsc1. The van der Waals surface area contributed by atoms with Crippen LogP contribution in [-0.2, 0) is 11.3 Å². The first-order valence-electron chi connectivity index (χ1n) is 6.44. The Morgan fingerprint density at radius 1 is 1.36 bits per heavy atom. The van der Waals surface area contributed by atoms with Gasteiger partial charge >= 0.3 is 6.03 Å². The third-order valence-electron chi connectivity index (χ3n) is 2.72. The maximum absolute atomic E-state index is 11.7. The molecular formula is C14H14N4O3S. The highest BCUT2D eigenvalue weighted by Crippen LogP contribution is 2.15. The number of carbonyl (C=O) groups is 2. The molecule has 2 rings (SSSR count). The van der Waals surface area contributed by atoms with E-state index < -0.39 is 18.0 Å². The number of nitrogens with one attached hydrogen (secondary N) is 3. The van der Waals surface area contributed by atoms with Crippen molar-refractivity contribution in [1.29, 1.82) is 5.26 Å². The normalized spacial score (nSPS) is 11.2. The molecule has 0 fully saturated rings. The fourth-order valence-electron chi connectivity index (χ4n) is 1.65. The van der Waals surface area contributed by atoms with E-state index in [1.54, 1.807) is 23.6 Å². The number of thiophene rings is 1. The molecule has 0 aliphatic heterocycles. The number of nitriles is 1. The van der Waals surface area contributed by atoms with Crippen molar-refractivity contribution < 1.29 is 14.0 Å². The number of furan rings is 1. The van der Waals surface area contributed by atoms with Crippen molar-refractivity contribution in [1.82, 2.24) is 16.0 Å². The molecule has 3 amide bonds. The second-order valence-corrected chi connectivity index (χ2v) is 5.08. The van der Waals surface area contributed by atoms with Crippen molar-refractivity contribution in [3.8, 4) is 6.07 Å². The van der Waals surface area contributed by atoms with Gasteiger partial charge in [-0.1, -0.05) is 0 Å². The van der Waals surface area contributed by atoms with Crippen molar-refractivity contribution in [3.05, 3.63) is 46.5 Å². The van der Waals surface area contributed by atoms with Gasteiger partial charge in [-0.2, -0.15) is 16.6 Å². The molecule has 0 aliphatic rings. The summed E-state index contributed by atoms with van der Waals surface area (Å²) in [7, 11) is 0. The first-order chi connectivity index (χ1) is 10.7. The standard InChI is InChI=1S/C14H14N4O3S/c15-6-12(10-3-5-22-9-10)18-13(19)8-17-14(20)16-7-11-2-1-4-21-11/h1-5,9,12H,7-8H2,(H,18,19)(H2,16,17,20)/t12-/m0/s1. The van der Waals surface area contributed by atoms with Crippen molar-refractivity contribution >= 4 is 23.3 Å². The van der Waals surface area contributed by atoms with E-state index in [9.17, 15) is 9.59 Å². The van der Waals surface area contributed by atoms with Crippen LogP contribution >= 0.6 is 11.3 Å². The van der Waals surface area contributed by atoms with Crippen LogP contribution in [0.3, 0.4) is 0 Å². The molecule has 2 aromatic heterocycles. The fraction of sp³-hybridized carbons (Fsp3) is 0.214. The Balaban J connectivity index is 1.70. The molecular weight excluding hydrogens is 304 g/mol. The van der Waals surface area contributed by atoms with Gasteiger partial charge in [-0.05, 0) is 34.5 Å². The lowest BCUT2D eigenvalue weighted by Crippen LogP contribution is -2.42. The number of hydrogen-bond acceptors (Lipinski definition) is 5. The summed E-state index contributed by atoms with van der Waals surface area (Å²) in [5.74, 6) is 0.174. The van der Waals surface area contributed by atoms with Gasteiger partial charge in [-0.25, -0.2) is 4.79 Å². The van der Waals surface area contributed by atoms with Crippen LogP contribution in [0.2, 0.25) is 0 Å². The predicted octanol–water partition coefficient (Wildman–Crippen LogP) is 1.52. The highest BCUT2D eigenvalue weighted by Gasteiger charge is 2.14. The predicted molar refractivity (Wildman–Crippen MR) is 79.8 cm³/mol. The molecule has 114 valence electrons. The second-order valence-electron chi connectivity index (χ2n) is 4.30. The summed E-state index contributed by atoms with van der Waals surface area (Å²) in [4.78, 5) is 23.2. The lowest BCUT2D eigenvalue weighted by molar-refractivity contribution is -0.120. The van der Waals surface area contributed by atoms with Gasteiger partial charge < -0.3 is 20.4 Å². The summed E-state index contributed by atoms with van der Waals surface area (Å²) >= 11 is 1.44. The van der Waals surface area contributed by atoms with Gasteiger partial charge in [0.1, 0.15) is 11.8 Å². The smallest absolute Gasteiger partial charge is 0.315 e. The van der Waals surface area contributed by atoms with E-state index in [4.69, 9.17) is 9.68 Å². The molecule has 0 radical (unpaired) electrons. The average molecular weight is 318 g/mol. The van der Waals surface area contributed by atoms with Gasteiger partial charge in [-0.3, -0.25) is 4.79 Å². The third kappa shape index (κ3) is 4.64. The summed E-state index contributed by atoms with van der Waals surface area (Å²) in [6.45, 7) is 0.0164. The highest BCUT2D eigenvalue weighted by molar-refractivity contribution is 7.08. The maximum atomic E-state index is 11.7. The molecule has 0 aliphatic carbocycles. The summed E-state index contributed by atoms with van der Waals surface area (Å²) in [6, 6.07) is 6.01. The monoisotopic (exact) mass is 318 g/mol. The van der Waals surface area contributed by atoms with Crippen LogP contribution in [0.5, 0.6) is 0 Å². The Morgan fingerprint density at radius 3 is 2.86 bits per heavy atom. The minimum absolute atomic E-state index is 0.216. The van der Waals surface area contributed by atoms with Crippen LogP contribution in [0.15, 0.2) is 39.6 Å². The maximum Gasteiger partial charge on any atom is 0.315 e. The van der Waals surface area contributed by atoms with Crippen LogP contribution < -0.4 is 16.0 Å². The van der Waals surface area contributed by atoms with Crippen LogP contribution in [0.1, 0.15) is 17.4 Å². The Morgan fingerprint density at radius 2 is 2.23 bits per heavy atom. The molecule has 0 aromatic carbocycles. The number of amides is 3. The molecule has 1 atom stereocenters. The number of rotatable bonds is 6. The zero-order valence-electron chi connectivity index (χ0n) is 11.5. The minimum Gasteiger partial charge on any atom is -0.467 e. The molecule has 0 unspecified atom stereocenters. The first kappa shape index (κ1) is 15.6.